The van der Waals surface area contributed by atoms with Gasteiger partial charge in [0.2, 0.25) is 0 Å². The zero-order valence-corrected chi connectivity index (χ0v) is 16.2. The van der Waals surface area contributed by atoms with Crippen molar-refractivity contribution in [1.29, 1.82) is 0 Å². The van der Waals surface area contributed by atoms with Crippen LogP contribution >= 0.6 is 23.2 Å². The lowest BCUT2D eigenvalue weighted by atomic mass is 10.2. The maximum Gasteiger partial charge on any atom is 0.0587 e. The van der Waals surface area contributed by atoms with Gasteiger partial charge in [-0.1, -0.05) is 47.5 Å². The molecule has 0 radical (unpaired) electrons. The third-order valence-corrected chi connectivity index (χ3v) is 4.61. The molecule has 0 unspecified atom stereocenters. The molecular weight excluding hydrogens is 379 g/mol. The Bertz CT molecular complexity index is 833. The van der Waals surface area contributed by atoms with Crippen LogP contribution in [0.25, 0.3) is 10.9 Å². The summed E-state index contributed by atoms with van der Waals surface area (Å²) < 4.78 is 7.32. The average Bonchev–Trinajstić information content (AvgIpc) is 2.92. The van der Waals surface area contributed by atoms with Gasteiger partial charge in [0.05, 0.1) is 6.61 Å². The van der Waals surface area contributed by atoms with Gasteiger partial charge in [0.25, 0.3) is 0 Å². The van der Waals surface area contributed by atoms with Gasteiger partial charge in [-0.15, -0.1) is 0 Å². The summed E-state index contributed by atoms with van der Waals surface area (Å²) in [5.74, 6) is 0. The zero-order chi connectivity index (χ0) is 16.9. The second kappa shape index (κ2) is 9.46. The molecule has 25 heavy (non-hydrogen) atoms. The summed E-state index contributed by atoms with van der Waals surface area (Å²) in [7, 11) is 1.71. The first-order valence-electron chi connectivity index (χ1n) is 7.89. The van der Waals surface area contributed by atoms with Gasteiger partial charge in [0.15, 0.2) is 0 Å². The zero-order valence-electron chi connectivity index (χ0n) is 13.9. The van der Waals surface area contributed by atoms with Crippen LogP contribution in [0.5, 0.6) is 0 Å². The van der Waals surface area contributed by atoms with Crippen molar-refractivity contribution in [2.24, 2.45) is 0 Å². The Morgan fingerprint density at radius 2 is 1.88 bits per heavy atom. The maximum absolute atomic E-state index is 6.33. The monoisotopic (exact) mass is 397 g/mol. The van der Waals surface area contributed by atoms with Crippen LogP contribution in [-0.2, 0) is 17.8 Å². The normalized spacial score (nSPS) is 10.8. The number of methoxy groups -OCH3 is 1. The number of nitrogens with one attached hydrogen (secondary N) is 1. The highest BCUT2D eigenvalue weighted by atomic mass is 35.5. The fraction of sp³-hybridized carbons (Fsp3) is 0.263. The number of aromatic nitrogens is 1. The molecular formula is C19H20Cl3N2O-. The molecule has 0 spiro atoms. The SMILES string of the molecule is COCCNCc1cn(Cc2ccc(Cl)cc2Cl)c2ccccc12.[Cl-]. The van der Waals surface area contributed by atoms with Crippen molar-refractivity contribution in [2.45, 2.75) is 13.1 Å². The van der Waals surface area contributed by atoms with E-state index < -0.39 is 0 Å². The number of ether oxygens (including phenoxy) is 1. The summed E-state index contributed by atoms with van der Waals surface area (Å²) in [6, 6.07) is 14.1. The molecule has 0 fully saturated rings. The minimum Gasteiger partial charge on any atom is -1.00 e. The van der Waals surface area contributed by atoms with Crippen molar-refractivity contribution in [3.63, 3.8) is 0 Å². The van der Waals surface area contributed by atoms with E-state index in [2.05, 4.69) is 40.3 Å². The highest BCUT2D eigenvalue weighted by Crippen LogP contribution is 2.26. The molecule has 1 aromatic heterocycles. The summed E-state index contributed by atoms with van der Waals surface area (Å²) in [5, 5.41) is 6.02. The van der Waals surface area contributed by atoms with E-state index in [-0.39, 0.29) is 12.4 Å². The number of hydrogen-bond donors (Lipinski definition) is 1. The van der Waals surface area contributed by atoms with E-state index in [9.17, 15) is 0 Å². The molecule has 1 N–H and O–H groups in total. The smallest absolute Gasteiger partial charge is 0.0587 e. The number of rotatable bonds is 7. The maximum atomic E-state index is 6.33. The Hall–Kier alpha value is -1.23. The number of hydrogen-bond acceptors (Lipinski definition) is 2. The minimum absolute atomic E-state index is 0. The van der Waals surface area contributed by atoms with Gasteiger partial charge in [-0.05, 0) is 29.3 Å². The van der Waals surface area contributed by atoms with Crippen LogP contribution in [-0.4, -0.2) is 24.8 Å². The van der Waals surface area contributed by atoms with Crippen LogP contribution in [0.1, 0.15) is 11.1 Å². The molecule has 0 bridgehead atoms. The van der Waals surface area contributed by atoms with E-state index >= 15 is 0 Å². The van der Waals surface area contributed by atoms with E-state index in [1.165, 1.54) is 16.5 Å². The third kappa shape index (κ3) is 4.90. The molecule has 0 aliphatic carbocycles. The second-order valence-electron chi connectivity index (χ2n) is 5.70. The van der Waals surface area contributed by atoms with Crippen molar-refractivity contribution < 1.29 is 17.1 Å². The van der Waals surface area contributed by atoms with Gasteiger partial charge in [0.1, 0.15) is 0 Å². The van der Waals surface area contributed by atoms with E-state index in [1.54, 1.807) is 13.2 Å². The summed E-state index contributed by atoms with van der Waals surface area (Å²) in [6.07, 6.45) is 2.19. The number of benzene rings is 2. The Morgan fingerprint density at radius 1 is 1.08 bits per heavy atom. The molecule has 134 valence electrons. The van der Waals surface area contributed by atoms with Crippen LogP contribution in [0.4, 0.5) is 0 Å². The van der Waals surface area contributed by atoms with Crippen LogP contribution in [0.3, 0.4) is 0 Å². The standard InChI is InChI=1S/C19H20Cl2N2O.ClH/c1-24-9-8-22-11-15-13-23(19-5-3-2-4-17(15)19)12-14-6-7-16(20)10-18(14)21;/h2-7,10,13,22H,8-9,11-12H2,1H3;1H/p-1. The van der Waals surface area contributed by atoms with Crippen molar-refractivity contribution in [3.8, 4) is 0 Å². The van der Waals surface area contributed by atoms with E-state index in [0.717, 1.165) is 18.7 Å². The second-order valence-corrected chi connectivity index (χ2v) is 6.55. The van der Waals surface area contributed by atoms with E-state index in [0.29, 0.717) is 23.2 Å². The molecule has 0 aliphatic rings. The largest absolute Gasteiger partial charge is 1.00 e. The molecule has 0 atom stereocenters. The number of nitrogens with zero attached hydrogens (tertiary/aromatic N) is 1. The van der Waals surface area contributed by atoms with Crippen LogP contribution in [0.15, 0.2) is 48.7 Å². The number of para-hydroxylation sites is 1. The van der Waals surface area contributed by atoms with Crippen molar-refractivity contribution in [3.05, 3.63) is 69.8 Å². The fourth-order valence-electron chi connectivity index (χ4n) is 2.83. The Morgan fingerprint density at radius 3 is 2.64 bits per heavy atom. The summed E-state index contributed by atoms with van der Waals surface area (Å²) in [6.45, 7) is 3.07. The summed E-state index contributed by atoms with van der Waals surface area (Å²) in [4.78, 5) is 0. The fourth-order valence-corrected chi connectivity index (χ4v) is 3.29. The number of halogens is 3. The molecule has 3 rings (SSSR count). The van der Waals surface area contributed by atoms with Crippen LogP contribution < -0.4 is 17.7 Å². The topological polar surface area (TPSA) is 26.2 Å². The van der Waals surface area contributed by atoms with Crippen LogP contribution in [0, 0.1) is 0 Å². The minimum atomic E-state index is 0. The first kappa shape index (κ1) is 20.1. The molecule has 0 saturated carbocycles. The predicted molar refractivity (Wildman–Crippen MR) is 101 cm³/mol. The van der Waals surface area contributed by atoms with Crippen molar-refractivity contribution in [2.75, 3.05) is 20.3 Å². The third-order valence-electron chi connectivity index (χ3n) is 4.03. The predicted octanol–water partition coefficient (Wildman–Crippen LogP) is 1.74. The lowest BCUT2D eigenvalue weighted by Gasteiger charge is -2.08. The van der Waals surface area contributed by atoms with Crippen LogP contribution in [0.2, 0.25) is 10.0 Å². The lowest BCUT2D eigenvalue weighted by Crippen LogP contribution is -3.00. The Balaban J connectivity index is 0.00000225. The molecule has 0 saturated heterocycles. The highest BCUT2D eigenvalue weighted by Gasteiger charge is 2.10. The van der Waals surface area contributed by atoms with Gasteiger partial charge >= 0.3 is 0 Å². The molecule has 3 nitrogen and oxygen atoms in total. The summed E-state index contributed by atoms with van der Waals surface area (Å²) >= 11 is 12.3. The summed E-state index contributed by atoms with van der Waals surface area (Å²) in [5.41, 5.74) is 3.53. The highest BCUT2D eigenvalue weighted by molar-refractivity contribution is 6.35. The number of fused-ring (bicyclic) bond motifs is 1. The molecule has 0 amide bonds. The molecule has 1 heterocycles. The molecule has 2 aromatic carbocycles. The quantitative estimate of drug-likeness (QED) is 0.614. The van der Waals surface area contributed by atoms with Crippen molar-refractivity contribution in [1.82, 2.24) is 9.88 Å². The van der Waals surface area contributed by atoms with Gasteiger partial charge in [-0.25, -0.2) is 0 Å². The van der Waals surface area contributed by atoms with E-state index in [4.69, 9.17) is 27.9 Å². The van der Waals surface area contributed by atoms with Gasteiger partial charge in [-0.3, -0.25) is 0 Å². The molecule has 0 aliphatic heterocycles. The van der Waals surface area contributed by atoms with Gasteiger partial charge in [0, 0.05) is 53.9 Å². The van der Waals surface area contributed by atoms with Crippen molar-refractivity contribution >= 4 is 34.1 Å². The molecule has 3 aromatic rings. The van der Waals surface area contributed by atoms with Gasteiger partial charge in [-0.2, -0.15) is 0 Å². The average molecular weight is 399 g/mol. The lowest BCUT2D eigenvalue weighted by molar-refractivity contribution is -0.00000498. The first-order chi connectivity index (χ1) is 11.7. The Labute approximate surface area is 164 Å². The first-order valence-corrected chi connectivity index (χ1v) is 8.65. The van der Waals surface area contributed by atoms with Gasteiger partial charge < -0.3 is 27.0 Å². The Kier molecular flexibility index (Phi) is 7.60. The van der Waals surface area contributed by atoms with E-state index in [1.807, 2.05) is 12.1 Å². The molecule has 6 heteroatoms.